The fourth-order valence-electron chi connectivity index (χ4n) is 5.69. The van der Waals surface area contributed by atoms with Crippen LogP contribution in [0.1, 0.15) is 53.5 Å². The fourth-order valence-corrected chi connectivity index (χ4v) is 6.16. The van der Waals surface area contributed by atoms with Crippen molar-refractivity contribution in [2.45, 2.75) is 52.4 Å². The molecule has 0 spiro atoms. The average Bonchev–Trinajstić information content (AvgIpc) is 3.50. The Morgan fingerprint density at radius 1 is 1.17 bits per heavy atom. The van der Waals surface area contributed by atoms with Crippen LogP contribution in [0.15, 0.2) is 51.9 Å². The molecule has 1 amide bonds. The second kappa shape index (κ2) is 10.1. The Labute approximate surface area is 246 Å². The van der Waals surface area contributed by atoms with Crippen molar-refractivity contribution in [2.24, 2.45) is 13.0 Å². The minimum absolute atomic E-state index is 0.0192. The lowest BCUT2D eigenvalue weighted by Gasteiger charge is -2.35. The van der Waals surface area contributed by atoms with Gasteiger partial charge in [-0.3, -0.25) is 14.2 Å². The zero-order valence-corrected chi connectivity index (χ0v) is 24.9. The number of aryl methyl sites for hydroxylation is 1. The van der Waals surface area contributed by atoms with Gasteiger partial charge < -0.3 is 4.90 Å². The predicted molar refractivity (Wildman–Crippen MR) is 154 cm³/mol. The molecule has 5 aromatic rings. The van der Waals surface area contributed by atoms with Crippen LogP contribution in [0.25, 0.3) is 22.4 Å². The Morgan fingerprint density at radius 3 is 2.64 bits per heavy atom. The third kappa shape index (κ3) is 4.59. The topological polar surface area (TPSA) is 90.3 Å². The first-order valence-corrected chi connectivity index (χ1v) is 14.2. The lowest BCUT2D eigenvalue weighted by Crippen LogP contribution is -2.46. The summed E-state index contributed by atoms with van der Waals surface area (Å²) in [7, 11) is 1.79. The molecule has 0 bridgehead atoms. The van der Waals surface area contributed by atoms with Gasteiger partial charge in [0.25, 0.3) is 11.5 Å². The largest absolute Gasteiger partial charge is 0.417 e. The minimum atomic E-state index is -4.62. The third-order valence-electron chi connectivity index (χ3n) is 7.71. The molecule has 1 unspecified atom stereocenters. The highest BCUT2D eigenvalue weighted by molar-refractivity contribution is 9.10. The number of carbonyl (C=O) groups is 1. The Morgan fingerprint density at radius 2 is 1.93 bits per heavy atom. The molecule has 0 fully saturated rings. The number of amides is 1. The second-order valence-corrected chi connectivity index (χ2v) is 12.0. The maximum absolute atomic E-state index is 14.2. The van der Waals surface area contributed by atoms with Crippen LogP contribution in [-0.4, -0.2) is 46.0 Å². The molecule has 0 radical (unpaired) electrons. The third-order valence-corrected chi connectivity index (χ3v) is 8.40. The molecule has 4 heterocycles. The molecular formula is C29H27BrF3N7O2. The van der Waals surface area contributed by atoms with Gasteiger partial charge in [0.15, 0.2) is 0 Å². The van der Waals surface area contributed by atoms with Crippen molar-refractivity contribution in [3.63, 3.8) is 0 Å². The first-order chi connectivity index (χ1) is 19.8. The SMILES string of the molecule is CC(C)Cc1cnn2c3c(c(=O)n(-c4ccc5c(c4)nnn5C)c12)CC(C)N(C(=O)c1ccc(Br)c(C(F)(F)F)c1)C3. The van der Waals surface area contributed by atoms with E-state index >= 15 is 0 Å². The van der Waals surface area contributed by atoms with Gasteiger partial charge in [0.05, 0.1) is 35.2 Å². The van der Waals surface area contributed by atoms with Crippen molar-refractivity contribution in [1.29, 1.82) is 0 Å². The Kier molecular flexibility index (Phi) is 6.75. The summed E-state index contributed by atoms with van der Waals surface area (Å²) in [6.07, 6.45) is -2.01. The fraction of sp³-hybridized carbons (Fsp3) is 0.345. The van der Waals surface area contributed by atoms with Crippen molar-refractivity contribution >= 4 is 38.5 Å². The van der Waals surface area contributed by atoms with Gasteiger partial charge in [0, 0.05) is 34.3 Å². The molecule has 42 heavy (non-hydrogen) atoms. The van der Waals surface area contributed by atoms with E-state index in [0.29, 0.717) is 34.5 Å². The first kappa shape index (κ1) is 28.1. The molecule has 0 N–H and O–H groups in total. The number of hydrogen-bond donors (Lipinski definition) is 0. The summed E-state index contributed by atoms with van der Waals surface area (Å²) < 4.78 is 45.6. The number of halogens is 4. The van der Waals surface area contributed by atoms with Crippen LogP contribution >= 0.6 is 15.9 Å². The lowest BCUT2D eigenvalue weighted by molar-refractivity contribution is -0.138. The van der Waals surface area contributed by atoms with E-state index in [1.54, 1.807) is 33.9 Å². The molecule has 0 saturated carbocycles. The van der Waals surface area contributed by atoms with E-state index in [0.717, 1.165) is 17.1 Å². The standard InChI is InChI=1S/C29H27BrF3N7O2/c1-15(2)9-18-13-34-40-25-14-38(27(41)17-5-7-22(30)21(11-17)29(31,32)33)16(3)10-20(25)28(42)39(26(18)40)19-6-8-24-23(12-19)35-36-37(24)4/h5-8,11-13,15-16H,9-10,14H2,1-4H3. The van der Waals surface area contributed by atoms with Crippen LogP contribution in [0.4, 0.5) is 13.2 Å². The summed E-state index contributed by atoms with van der Waals surface area (Å²) >= 11 is 2.94. The molecular weight excluding hydrogens is 615 g/mol. The number of alkyl halides is 3. The summed E-state index contributed by atoms with van der Waals surface area (Å²) in [6.45, 7) is 5.96. The Bertz CT molecular complexity index is 1940. The highest BCUT2D eigenvalue weighted by Gasteiger charge is 2.36. The molecule has 1 aliphatic heterocycles. The van der Waals surface area contributed by atoms with E-state index in [9.17, 15) is 22.8 Å². The number of benzene rings is 2. The molecule has 0 saturated heterocycles. The zero-order valence-electron chi connectivity index (χ0n) is 23.3. The molecule has 1 aliphatic rings. The number of nitrogens with zero attached hydrogens (tertiary/aromatic N) is 7. The lowest BCUT2D eigenvalue weighted by atomic mass is 9.97. The molecule has 6 rings (SSSR count). The highest BCUT2D eigenvalue weighted by atomic mass is 79.9. The van der Waals surface area contributed by atoms with Crippen molar-refractivity contribution in [2.75, 3.05) is 0 Å². The van der Waals surface area contributed by atoms with Gasteiger partial charge in [-0.25, -0.2) is 9.20 Å². The Balaban J connectivity index is 1.50. The summed E-state index contributed by atoms with van der Waals surface area (Å²) in [4.78, 5) is 29.4. The van der Waals surface area contributed by atoms with Crippen LogP contribution in [0, 0.1) is 5.92 Å². The summed E-state index contributed by atoms with van der Waals surface area (Å²) in [5, 5.41) is 12.9. The van der Waals surface area contributed by atoms with Gasteiger partial charge in [-0.1, -0.05) is 35.0 Å². The molecule has 9 nitrogen and oxygen atoms in total. The molecule has 1 atom stereocenters. The summed E-state index contributed by atoms with van der Waals surface area (Å²) in [5.41, 5.74) is 3.34. The summed E-state index contributed by atoms with van der Waals surface area (Å²) in [6, 6.07) is 8.54. The quantitative estimate of drug-likeness (QED) is 0.264. The number of carbonyl (C=O) groups excluding carboxylic acids is 1. The zero-order chi connectivity index (χ0) is 30.1. The number of rotatable bonds is 4. The van der Waals surface area contributed by atoms with E-state index in [1.165, 1.54) is 17.0 Å². The Hall–Kier alpha value is -4.00. The smallest absolute Gasteiger partial charge is 0.330 e. The molecule has 218 valence electrons. The number of fused-ring (bicyclic) bond motifs is 4. The van der Waals surface area contributed by atoms with E-state index in [2.05, 4.69) is 45.2 Å². The van der Waals surface area contributed by atoms with Gasteiger partial charge >= 0.3 is 6.18 Å². The highest BCUT2D eigenvalue weighted by Crippen LogP contribution is 2.36. The van der Waals surface area contributed by atoms with Crippen LogP contribution in [-0.2, 0) is 32.6 Å². The predicted octanol–water partition coefficient (Wildman–Crippen LogP) is 5.33. The van der Waals surface area contributed by atoms with Crippen molar-refractivity contribution in [3.05, 3.63) is 85.4 Å². The van der Waals surface area contributed by atoms with Crippen molar-refractivity contribution in [1.82, 2.24) is 34.1 Å². The van der Waals surface area contributed by atoms with Crippen molar-refractivity contribution < 1.29 is 18.0 Å². The van der Waals surface area contributed by atoms with Crippen LogP contribution < -0.4 is 5.56 Å². The molecule has 3 aromatic heterocycles. The number of hydrogen-bond acceptors (Lipinski definition) is 5. The monoisotopic (exact) mass is 641 g/mol. The molecule has 0 aliphatic carbocycles. The summed E-state index contributed by atoms with van der Waals surface area (Å²) in [5.74, 6) is -0.274. The van der Waals surface area contributed by atoms with Gasteiger partial charge in [0.2, 0.25) is 0 Å². The maximum atomic E-state index is 14.2. The van der Waals surface area contributed by atoms with Crippen LogP contribution in [0.2, 0.25) is 0 Å². The second-order valence-electron chi connectivity index (χ2n) is 11.1. The normalized spacial score (nSPS) is 15.6. The van der Waals surface area contributed by atoms with Gasteiger partial charge in [-0.15, -0.1) is 5.10 Å². The van der Waals surface area contributed by atoms with Gasteiger partial charge in [0.1, 0.15) is 11.2 Å². The van der Waals surface area contributed by atoms with Crippen LogP contribution in [0.5, 0.6) is 0 Å². The van der Waals surface area contributed by atoms with Gasteiger partial charge in [-0.2, -0.15) is 18.3 Å². The van der Waals surface area contributed by atoms with Crippen LogP contribution in [0.3, 0.4) is 0 Å². The van der Waals surface area contributed by atoms with E-state index < -0.39 is 23.7 Å². The van der Waals surface area contributed by atoms with Crippen molar-refractivity contribution in [3.8, 4) is 5.69 Å². The average molecular weight is 642 g/mol. The van der Waals surface area contributed by atoms with E-state index in [4.69, 9.17) is 0 Å². The van der Waals surface area contributed by atoms with E-state index in [1.807, 2.05) is 18.2 Å². The van der Waals surface area contributed by atoms with Gasteiger partial charge in [-0.05, 0) is 62.1 Å². The molecule has 13 heteroatoms. The maximum Gasteiger partial charge on any atom is 0.417 e. The first-order valence-electron chi connectivity index (χ1n) is 13.5. The molecule has 2 aromatic carbocycles. The minimum Gasteiger partial charge on any atom is -0.330 e. The van der Waals surface area contributed by atoms with E-state index in [-0.39, 0.29) is 34.5 Å². The number of aromatic nitrogens is 6.